The maximum Gasteiger partial charge on any atom is 0.317 e. The fourth-order valence-electron chi connectivity index (χ4n) is 2.86. The maximum absolute atomic E-state index is 12.3. The minimum absolute atomic E-state index is 0.0243. The molecule has 2 aromatic rings. The molecule has 0 spiro atoms. The number of benzene rings is 1. The van der Waals surface area contributed by atoms with E-state index >= 15 is 0 Å². The Labute approximate surface area is 158 Å². The lowest BCUT2D eigenvalue weighted by atomic mass is 9.98. The molecule has 1 fully saturated rings. The number of piperidine rings is 1. The Balaban J connectivity index is 1.38. The van der Waals surface area contributed by atoms with E-state index in [2.05, 4.69) is 15.5 Å². The zero-order valence-corrected chi connectivity index (χ0v) is 15.6. The molecule has 2 heterocycles. The molecule has 0 saturated carbocycles. The molecule has 0 atom stereocenters. The van der Waals surface area contributed by atoms with E-state index in [1.807, 2.05) is 48.2 Å². The van der Waals surface area contributed by atoms with E-state index in [9.17, 15) is 4.79 Å². The van der Waals surface area contributed by atoms with Gasteiger partial charge in [0.25, 0.3) is 0 Å². The highest BCUT2D eigenvalue weighted by atomic mass is 35.5. The van der Waals surface area contributed by atoms with E-state index in [1.54, 1.807) is 0 Å². The summed E-state index contributed by atoms with van der Waals surface area (Å²) in [6.45, 7) is 4.48. The number of urea groups is 1. The van der Waals surface area contributed by atoms with Crippen LogP contribution < -0.4 is 10.1 Å². The SMILES string of the molecule is Cc1ccc(OCC2CCN(C(=O)NCc3ccc(Cl)cc3)CC2)nn1. The van der Waals surface area contributed by atoms with Crippen LogP contribution in [0.5, 0.6) is 5.88 Å². The number of amides is 2. The summed E-state index contributed by atoms with van der Waals surface area (Å²) < 4.78 is 5.71. The van der Waals surface area contributed by atoms with Gasteiger partial charge in [0.05, 0.1) is 12.3 Å². The van der Waals surface area contributed by atoms with Gasteiger partial charge in [-0.1, -0.05) is 23.7 Å². The summed E-state index contributed by atoms with van der Waals surface area (Å²) in [5.74, 6) is 0.983. The summed E-state index contributed by atoms with van der Waals surface area (Å²) in [5, 5.41) is 11.7. The molecular weight excluding hydrogens is 352 g/mol. The second-order valence-corrected chi connectivity index (χ2v) is 6.98. The molecule has 26 heavy (non-hydrogen) atoms. The van der Waals surface area contributed by atoms with Gasteiger partial charge >= 0.3 is 6.03 Å². The average molecular weight is 375 g/mol. The van der Waals surface area contributed by atoms with Crippen LogP contribution in [0.4, 0.5) is 4.79 Å². The van der Waals surface area contributed by atoms with Gasteiger partial charge < -0.3 is 15.0 Å². The van der Waals surface area contributed by atoms with Gasteiger partial charge in [-0.25, -0.2) is 4.79 Å². The molecule has 2 amide bonds. The molecular formula is C19H23ClN4O2. The lowest BCUT2D eigenvalue weighted by molar-refractivity contribution is 0.142. The number of hydrogen-bond donors (Lipinski definition) is 1. The van der Waals surface area contributed by atoms with Crippen LogP contribution in [0.1, 0.15) is 24.1 Å². The Morgan fingerprint density at radius 3 is 2.58 bits per heavy atom. The summed E-state index contributed by atoms with van der Waals surface area (Å²) in [5.41, 5.74) is 1.90. The molecule has 6 nitrogen and oxygen atoms in total. The summed E-state index contributed by atoms with van der Waals surface area (Å²) in [6, 6.07) is 11.2. The standard InChI is InChI=1S/C19H23ClN4O2/c1-14-2-7-18(23-22-14)26-13-16-8-10-24(11-9-16)19(25)21-12-15-3-5-17(20)6-4-15/h2-7,16H,8-13H2,1H3,(H,21,25). The van der Waals surface area contributed by atoms with Crippen LogP contribution in [0.15, 0.2) is 36.4 Å². The highest BCUT2D eigenvalue weighted by molar-refractivity contribution is 6.30. The van der Waals surface area contributed by atoms with Crippen LogP contribution in [-0.2, 0) is 6.54 Å². The van der Waals surface area contributed by atoms with Crippen molar-refractivity contribution in [2.75, 3.05) is 19.7 Å². The van der Waals surface area contributed by atoms with Crippen molar-refractivity contribution in [1.82, 2.24) is 20.4 Å². The summed E-state index contributed by atoms with van der Waals surface area (Å²) >= 11 is 5.87. The molecule has 0 unspecified atom stereocenters. The second-order valence-electron chi connectivity index (χ2n) is 6.54. The number of nitrogens with one attached hydrogen (secondary N) is 1. The minimum atomic E-state index is -0.0243. The molecule has 7 heteroatoms. The van der Waals surface area contributed by atoms with Gasteiger partial charge in [-0.2, -0.15) is 5.10 Å². The van der Waals surface area contributed by atoms with Gasteiger partial charge in [-0.05, 0) is 49.4 Å². The number of hydrogen-bond acceptors (Lipinski definition) is 4. The molecule has 3 rings (SSSR count). The number of aromatic nitrogens is 2. The third-order valence-corrected chi connectivity index (χ3v) is 4.75. The van der Waals surface area contributed by atoms with Crippen molar-refractivity contribution in [2.45, 2.75) is 26.3 Å². The Morgan fingerprint density at radius 1 is 1.19 bits per heavy atom. The van der Waals surface area contributed by atoms with E-state index < -0.39 is 0 Å². The average Bonchev–Trinajstić information content (AvgIpc) is 2.67. The predicted octanol–water partition coefficient (Wildman–Crippen LogP) is 3.44. The number of ether oxygens (including phenoxy) is 1. The Hall–Kier alpha value is -2.34. The first-order valence-electron chi connectivity index (χ1n) is 8.80. The fourth-order valence-corrected chi connectivity index (χ4v) is 2.99. The van der Waals surface area contributed by atoms with E-state index in [4.69, 9.17) is 16.3 Å². The van der Waals surface area contributed by atoms with Crippen LogP contribution >= 0.6 is 11.6 Å². The van der Waals surface area contributed by atoms with Gasteiger partial charge in [0.2, 0.25) is 5.88 Å². The predicted molar refractivity (Wildman–Crippen MR) is 100 cm³/mol. The molecule has 0 aliphatic carbocycles. The van der Waals surface area contributed by atoms with Crippen LogP contribution in [-0.4, -0.2) is 40.8 Å². The number of rotatable bonds is 5. The van der Waals surface area contributed by atoms with Crippen LogP contribution in [0.25, 0.3) is 0 Å². The molecule has 1 N–H and O–H groups in total. The lowest BCUT2D eigenvalue weighted by Gasteiger charge is -2.31. The van der Waals surface area contributed by atoms with E-state index in [1.165, 1.54) is 0 Å². The number of carbonyl (C=O) groups is 1. The molecule has 0 radical (unpaired) electrons. The van der Waals surface area contributed by atoms with E-state index in [0.717, 1.165) is 37.2 Å². The summed E-state index contributed by atoms with van der Waals surface area (Å²) in [7, 11) is 0. The highest BCUT2D eigenvalue weighted by Crippen LogP contribution is 2.19. The van der Waals surface area contributed by atoms with Crippen molar-refractivity contribution in [3.63, 3.8) is 0 Å². The van der Waals surface area contributed by atoms with Crippen molar-refractivity contribution in [3.8, 4) is 5.88 Å². The van der Waals surface area contributed by atoms with E-state index in [-0.39, 0.29) is 6.03 Å². The Morgan fingerprint density at radius 2 is 1.92 bits per heavy atom. The van der Waals surface area contributed by atoms with Crippen LogP contribution in [0.2, 0.25) is 5.02 Å². The molecule has 1 saturated heterocycles. The van der Waals surface area contributed by atoms with Gasteiger partial charge in [-0.15, -0.1) is 5.10 Å². The minimum Gasteiger partial charge on any atom is -0.476 e. The van der Waals surface area contributed by atoms with Crippen LogP contribution in [0, 0.1) is 12.8 Å². The first-order valence-corrected chi connectivity index (χ1v) is 9.18. The van der Waals surface area contributed by atoms with Crippen molar-refractivity contribution < 1.29 is 9.53 Å². The summed E-state index contributed by atoms with van der Waals surface area (Å²) in [6.07, 6.45) is 1.85. The monoisotopic (exact) mass is 374 g/mol. The molecule has 0 bridgehead atoms. The van der Waals surface area contributed by atoms with Crippen molar-refractivity contribution in [1.29, 1.82) is 0 Å². The van der Waals surface area contributed by atoms with Crippen LogP contribution in [0.3, 0.4) is 0 Å². The highest BCUT2D eigenvalue weighted by Gasteiger charge is 2.23. The van der Waals surface area contributed by atoms with Gasteiger partial charge in [0.1, 0.15) is 0 Å². The number of halogens is 1. The normalized spacial score (nSPS) is 14.9. The van der Waals surface area contributed by atoms with Crippen molar-refractivity contribution >= 4 is 17.6 Å². The molecule has 1 aromatic carbocycles. The Kier molecular flexibility index (Phi) is 6.28. The largest absolute Gasteiger partial charge is 0.476 e. The Bertz CT molecular complexity index is 713. The first-order chi connectivity index (χ1) is 12.6. The zero-order chi connectivity index (χ0) is 18.4. The fraction of sp³-hybridized carbons (Fsp3) is 0.421. The van der Waals surface area contributed by atoms with Crippen molar-refractivity contribution in [3.05, 3.63) is 52.7 Å². The van der Waals surface area contributed by atoms with Gasteiger partial charge in [0, 0.05) is 30.7 Å². The van der Waals surface area contributed by atoms with E-state index in [0.29, 0.717) is 30.0 Å². The molecule has 1 aromatic heterocycles. The molecule has 1 aliphatic rings. The third kappa shape index (κ3) is 5.33. The number of likely N-dealkylation sites (tertiary alicyclic amines) is 1. The molecule has 1 aliphatic heterocycles. The third-order valence-electron chi connectivity index (χ3n) is 4.50. The smallest absolute Gasteiger partial charge is 0.317 e. The van der Waals surface area contributed by atoms with Gasteiger partial charge in [-0.3, -0.25) is 0 Å². The summed E-state index contributed by atoms with van der Waals surface area (Å²) in [4.78, 5) is 14.2. The first kappa shape index (κ1) is 18.5. The second kappa shape index (κ2) is 8.85. The quantitative estimate of drug-likeness (QED) is 0.870. The lowest BCUT2D eigenvalue weighted by Crippen LogP contribution is -2.44. The topological polar surface area (TPSA) is 67.3 Å². The number of nitrogens with zero attached hydrogens (tertiary/aromatic N) is 3. The molecule has 138 valence electrons. The van der Waals surface area contributed by atoms with Gasteiger partial charge in [0.15, 0.2) is 0 Å². The maximum atomic E-state index is 12.3. The van der Waals surface area contributed by atoms with Crippen molar-refractivity contribution in [2.24, 2.45) is 5.92 Å². The number of carbonyl (C=O) groups excluding carboxylic acids is 1. The number of aryl methyl sites for hydroxylation is 1. The zero-order valence-electron chi connectivity index (χ0n) is 14.8.